The van der Waals surface area contributed by atoms with Gasteiger partial charge >= 0.3 is 0 Å². The van der Waals surface area contributed by atoms with Gasteiger partial charge < -0.3 is 0 Å². The number of nitrogens with zero attached hydrogens (tertiary/aromatic N) is 2. The molecule has 0 saturated heterocycles. The van der Waals surface area contributed by atoms with Crippen LogP contribution in [-0.2, 0) is 0 Å². The van der Waals surface area contributed by atoms with Gasteiger partial charge in [0, 0.05) is 22.7 Å². The number of amides is 1. The zero-order chi connectivity index (χ0) is 13.0. The highest BCUT2D eigenvalue weighted by Crippen LogP contribution is 2.20. The van der Waals surface area contributed by atoms with E-state index in [1.807, 2.05) is 31.4 Å². The lowest BCUT2D eigenvalue weighted by atomic mass is 10.2. The summed E-state index contributed by atoms with van der Waals surface area (Å²) < 4.78 is 0. The summed E-state index contributed by atoms with van der Waals surface area (Å²) in [6, 6.07) is 3.63. The van der Waals surface area contributed by atoms with Crippen molar-refractivity contribution in [3.8, 4) is 0 Å². The number of aryl methyl sites for hydroxylation is 1. The Morgan fingerprint density at radius 1 is 1.39 bits per heavy atom. The van der Waals surface area contributed by atoms with Crippen LogP contribution in [0.25, 0.3) is 0 Å². The van der Waals surface area contributed by atoms with E-state index >= 15 is 0 Å². The van der Waals surface area contributed by atoms with Crippen LogP contribution < -0.4 is 5.43 Å². The minimum Gasteiger partial charge on any atom is -0.267 e. The van der Waals surface area contributed by atoms with Crippen molar-refractivity contribution >= 4 is 23.5 Å². The molecule has 0 unspecified atom stereocenters. The summed E-state index contributed by atoms with van der Waals surface area (Å²) >= 11 is 1.57. The van der Waals surface area contributed by atoms with Crippen molar-refractivity contribution in [2.75, 3.05) is 0 Å². The van der Waals surface area contributed by atoms with E-state index < -0.39 is 0 Å². The molecule has 2 aromatic heterocycles. The largest absolute Gasteiger partial charge is 0.272 e. The van der Waals surface area contributed by atoms with Gasteiger partial charge in [-0.15, -0.1) is 11.3 Å². The monoisotopic (exact) mass is 259 g/mol. The van der Waals surface area contributed by atoms with Crippen LogP contribution in [0.4, 0.5) is 0 Å². The van der Waals surface area contributed by atoms with E-state index in [1.165, 1.54) is 0 Å². The first-order valence-electron chi connectivity index (χ1n) is 5.46. The average Bonchev–Trinajstić information content (AvgIpc) is 2.71. The van der Waals surface area contributed by atoms with Gasteiger partial charge in [-0.05, 0) is 37.1 Å². The van der Waals surface area contributed by atoms with Crippen LogP contribution in [0.15, 0.2) is 35.0 Å². The zero-order valence-corrected chi connectivity index (χ0v) is 11.0. The lowest BCUT2D eigenvalue weighted by molar-refractivity contribution is 0.0955. The molecule has 0 aliphatic carbocycles. The van der Waals surface area contributed by atoms with Gasteiger partial charge in [-0.3, -0.25) is 9.78 Å². The van der Waals surface area contributed by atoms with E-state index in [0.717, 1.165) is 16.0 Å². The number of hydrogen-bond donors (Lipinski definition) is 1. The minimum atomic E-state index is -0.179. The summed E-state index contributed by atoms with van der Waals surface area (Å²) in [4.78, 5) is 16.9. The normalized spacial score (nSPS) is 10.8. The van der Waals surface area contributed by atoms with Gasteiger partial charge in [-0.25, -0.2) is 5.43 Å². The Balaban J connectivity index is 2.01. The Morgan fingerprint density at radius 3 is 2.72 bits per heavy atom. The van der Waals surface area contributed by atoms with E-state index in [0.29, 0.717) is 5.56 Å². The number of aromatic nitrogens is 1. The highest BCUT2D eigenvalue weighted by Gasteiger charge is 2.11. The van der Waals surface area contributed by atoms with Crippen LogP contribution in [0.2, 0.25) is 0 Å². The predicted octanol–water partition coefficient (Wildman–Crippen LogP) is 2.52. The third-order valence-corrected chi connectivity index (χ3v) is 3.63. The van der Waals surface area contributed by atoms with Gasteiger partial charge in [0.05, 0.1) is 11.8 Å². The van der Waals surface area contributed by atoms with Crippen LogP contribution >= 0.6 is 11.3 Å². The van der Waals surface area contributed by atoms with Crippen LogP contribution in [0.5, 0.6) is 0 Å². The Kier molecular flexibility index (Phi) is 3.84. The second kappa shape index (κ2) is 5.55. The van der Waals surface area contributed by atoms with Crippen LogP contribution in [0.1, 0.15) is 26.4 Å². The molecule has 4 nitrogen and oxygen atoms in total. The molecule has 0 atom stereocenters. The maximum Gasteiger partial charge on any atom is 0.272 e. The Bertz CT molecular complexity index is 575. The number of carbonyl (C=O) groups excluding carboxylic acids is 1. The first-order chi connectivity index (χ1) is 8.68. The van der Waals surface area contributed by atoms with Crippen LogP contribution in [-0.4, -0.2) is 17.1 Å². The Morgan fingerprint density at radius 2 is 2.11 bits per heavy atom. The van der Waals surface area contributed by atoms with Crippen molar-refractivity contribution in [1.82, 2.24) is 10.4 Å². The average molecular weight is 259 g/mol. The van der Waals surface area contributed by atoms with Gasteiger partial charge in [0.15, 0.2) is 0 Å². The second-order valence-corrected chi connectivity index (χ2v) is 4.89. The molecule has 0 saturated carbocycles. The molecule has 1 amide bonds. The molecular weight excluding hydrogens is 246 g/mol. The molecule has 18 heavy (non-hydrogen) atoms. The first kappa shape index (κ1) is 12.4. The van der Waals surface area contributed by atoms with Gasteiger partial charge in [-0.1, -0.05) is 0 Å². The number of thiophene rings is 1. The summed E-state index contributed by atoms with van der Waals surface area (Å²) in [7, 11) is 0. The number of rotatable bonds is 3. The first-order valence-corrected chi connectivity index (χ1v) is 6.34. The quantitative estimate of drug-likeness (QED) is 0.680. The molecule has 0 radical (unpaired) electrons. The van der Waals surface area contributed by atoms with Crippen molar-refractivity contribution in [2.45, 2.75) is 13.8 Å². The molecule has 0 aliphatic heterocycles. The fourth-order valence-electron chi connectivity index (χ4n) is 1.41. The van der Waals surface area contributed by atoms with Crippen molar-refractivity contribution in [3.63, 3.8) is 0 Å². The number of hydrazone groups is 1. The summed E-state index contributed by atoms with van der Waals surface area (Å²) in [6.07, 6.45) is 4.94. The number of carbonyl (C=O) groups is 1. The fraction of sp³-hybridized carbons (Fsp3) is 0.154. The summed E-state index contributed by atoms with van der Waals surface area (Å²) in [5, 5.41) is 5.77. The van der Waals surface area contributed by atoms with Crippen molar-refractivity contribution in [1.29, 1.82) is 0 Å². The van der Waals surface area contributed by atoms with Crippen molar-refractivity contribution in [3.05, 3.63) is 51.5 Å². The predicted molar refractivity (Wildman–Crippen MR) is 73.1 cm³/mol. The highest BCUT2D eigenvalue weighted by atomic mass is 32.1. The van der Waals surface area contributed by atoms with Crippen LogP contribution in [0, 0.1) is 13.8 Å². The molecule has 92 valence electrons. The van der Waals surface area contributed by atoms with E-state index in [1.54, 1.807) is 29.9 Å². The smallest absolute Gasteiger partial charge is 0.267 e. The van der Waals surface area contributed by atoms with Gasteiger partial charge in [0.25, 0.3) is 5.91 Å². The molecule has 5 heteroatoms. The molecule has 0 spiro atoms. The molecule has 0 fully saturated rings. The van der Waals surface area contributed by atoms with Gasteiger partial charge in [-0.2, -0.15) is 5.10 Å². The minimum absolute atomic E-state index is 0.179. The molecule has 2 aromatic rings. The van der Waals surface area contributed by atoms with Gasteiger partial charge in [0.1, 0.15) is 0 Å². The molecule has 0 aromatic carbocycles. The SMILES string of the molecule is Cc1scc(C(=O)NN=Cc2ccncc2)c1C. The van der Waals surface area contributed by atoms with Crippen LogP contribution in [0.3, 0.4) is 0 Å². The topological polar surface area (TPSA) is 54.4 Å². The summed E-state index contributed by atoms with van der Waals surface area (Å²) in [5.74, 6) is -0.179. The summed E-state index contributed by atoms with van der Waals surface area (Å²) in [5.41, 5.74) is 5.11. The molecule has 0 aliphatic rings. The maximum absolute atomic E-state index is 11.8. The van der Waals surface area contributed by atoms with E-state index in [9.17, 15) is 4.79 Å². The van der Waals surface area contributed by atoms with Gasteiger partial charge in [0.2, 0.25) is 0 Å². The number of hydrogen-bond acceptors (Lipinski definition) is 4. The Hall–Kier alpha value is -2.01. The number of pyridine rings is 1. The molecule has 2 rings (SSSR count). The third-order valence-electron chi connectivity index (χ3n) is 2.62. The fourth-order valence-corrected chi connectivity index (χ4v) is 2.28. The standard InChI is InChI=1S/C13H13N3OS/c1-9-10(2)18-8-12(9)13(17)16-15-7-11-3-5-14-6-4-11/h3-8H,1-2H3,(H,16,17). The summed E-state index contributed by atoms with van der Waals surface area (Å²) in [6.45, 7) is 3.93. The maximum atomic E-state index is 11.8. The van der Waals surface area contributed by atoms with Crippen molar-refractivity contribution in [2.24, 2.45) is 5.10 Å². The molecule has 0 bridgehead atoms. The molecule has 2 heterocycles. The second-order valence-electron chi connectivity index (χ2n) is 3.81. The van der Waals surface area contributed by atoms with Crippen molar-refractivity contribution < 1.29 is 4.79 Å². The molecule has 1 N–H and O–H groups in total. The molecular formula is C13H13N3OS. The van der Waals surface area contributed by atoms with E-state index in [4.69, 9.17) is 0 Å². The third kappa shape index (κ3) is 2.81. The van der Waals surface area contributed by atoms with E-state index in [2.05, 4.69) is 15.5 Å². The zero-order valence-electron chi connectivity index (χ0n) is 10.2. The number of nitrogens with one attached hydrogen (secondary N) is 1. The Labute approximate surface area is 109 Å². The lowest BCUT2D eigenvalue weighted by Crippen LogP contribution is -2.17. The highest BCUT2D eigenvalue weighted by molar-refractivity contribution is 7.10. The van der Waals surface area contributed by atoms with E-state index in [-0.39, 0.29) is 5.91 Å². The lowest BCUT2D eigenvalue weighted by Gasteiger charge is -1.98.